The lowest BCUT2D eigenvalue weighted by Gasteiger charge is -2.27. The molecule has 0 heterocycles. The smallest absolute Gasteiger partial charge is 0.391 e. The summed E-state index contributed by atoms with van der Waals surface area (Å²) in [5.74, 6) is -0.768. The van der Waals surface area contributed by atoms with E-state index in [-0.39, 0.29) is 42.5 Å². The molecule has 0 bridgehead atoms. The van der Waals surface area contributed by atoms with E-state index >= 15 is 0 Å². The molecule has 1 rings (SSSR count). The number of rotatable bonds is 12. The number of aliphatic hydroxyl groups is 1. The highest BCUT2D eigenvalue weighted by Gasteiger charge is 2.39. The molecule has 0 saturated heterocycles. The predicted molar refractivity (Wildman–Crippen MR) is 118 cm³/mol. The van der Waals surface area contributed by atoms with Crippen LogP contribution in [0.3, 0.4) is 0 Å². The molecule has 9 heteroatoms. The quantitative estimate of drug-likeness (QED) is 0.291. The fraction of sp³-hybridized carbons (Fsp3) is 0.905. The van der Waals surface area contributed by atoms with E-state index in [1.165, 1.54) is 0 Å². The normalized spacial score (nSPS) is 20.7. The molecule has 0 aromatic rings. The minimum absolute atomic E-state index is 0.0235. The number of amides is 2. The van der Waals surface area contributed by atoms with Crippen LogP contribution >= 0.6 is 8.03 Å². The summed E-state index contributed by atoms with van der Waals surface area (Å²) in [5.41, 5.74) is 5.43. The van der Waals surface area contributed by atoms with Gasteiger partial charge in [0.1, 0.15) is 6.04 Å². The van der Waals surface area contributed by atoms with Crippen molar-refractivity contribution in [2.45, 2.75) is 96.5 Å². The van der Waals surface area contributed by atoms with Gasteiger partial charge in [0.05, 0.1) is 12.1 Å². The summed E-state index contributed by atoms with van der Waals surface area (Å²) in [7, 11) is -2.39. The van der Waals surface area contributed by atoms with Gasteiger partial charge in [-0.1, -0.05) is 53.4 Å². The van der Waals surface area contributed by atoms with E-state index in [2.05, 4.69) is 10.6 Å². The molecule has 174 valence electrons. The Bertz CT molecular complexity index is 569. The molecule has 1 aliphatic carbocycles. The molecular formula is C21H41N3O5P+. The van der Waals surface area contributed by atoms with Crippen molar-refractivity contribution in [3.8, 4) is 0 Å². The van der Waals surface area contributed by atoms with Crippen molar-refractivity contribution in [1.82, 2.24) is 10.6 Å². The summed E-state index contributed by atoms with van der Waals surface area (Å²) in [6.07, 6.45) is 5.00. The maximum atomic E-state index is 12.7. The van der Waals surface area contributed by atoms with E-state index in [9.17, 15) is 24.2 Å². The maximum absolute atomic E-state index is 12.7. The molecule has 1 fully saturated rings. The number of hydrogen-bond acceptors (Lipinski definition) is 5. The number of aliphatic hydroxyl groups excluding tert-OH is 1. The van der Waals surface area contributed by atoms with Crippen LogP contribution in [0.25, 0.3) is 0 Å². The minimum Gasteiger partial charge on any atom is -0.391 e. The number of hydrogen-bond donors (Lipinski definition) is 5. The van der Waals surface area contributed by atoms with Crippen LogP contribution in [0.15, 0.2) is 0 Å². The highest BCUT2D eigenvalue weighted by atomic mass is 31.1. The largest absolute Gasteiger partial charge is 0.509 e. The Morgan fingerprint density at radius 1 is 1.13 bits per heavy atom. The van der Waals surface area contributed by atoms with Crippen molar-refractivity contribution in [2.24, 2.45) is 23.5 Å². The molecule has 2 amide bonds. The van der Waals surface area contributed by atoms with Gasteiger partial charge in [-0.3, -0.25) is 9.59 Å². The van der Waals surface area contributed by atoms with Crippen LogP contribution in [-0.2, 0) is 14.2 Å². The topological polar surface area (TPSA) is 142 Å². The van der Waals surface area contributed by atoms with Crippen molar-refractivity contribution in [1.29, 1.82) is 0 Å². The summed E-state index contributed by atoms with van der Waals surface area (Å²) >= 11 is 0. The number of carbonyl (C=O) groups is 2. The van der Waals surface area contributed by atoms with E-state index < -0.39 is 31.9 Å². The van der Waals surface area contributed by atoms with Crippen LogP contribution in [0.1, 0.15) is 72.6 Å². The zero-order valence-corrected chi connectivity index (χ0v) is 19.7. The Balaban J connectivity index is 2.65. The molecular weight excluding hydrogens is 405 g/mol. The second-order valence-electron chi connectivity index (χ2n) is 9.04. The van der Waals surface area contributed by atoms with Gasteiger partial charge in [-0.2, -0.15) is 4.89 Å². The summed E-state index contributed by atoms with van der Waals surface area (Å²) in [6.45, 7) is 7.46. The van der Waals surface area contributed by atoms with Gasteiger partial charge in [0, 0.05) is 18.9 Å². The Morgan fingerprint density at radius 2 is 1.73 bits per heavy atom. The summed E-state index contributed by atoms with van der Waals surface area (Å²) in [6, 6.07) is -1.45. The molecule has 0 radical (unpaired) electrons. The molecule has 6 atom stereocenters. The van der Waals surface area contributed by atoms with E-state index in [1.54, 1.807) is 0 Å². The summed E-state index contributed by atoms with van der Waals surface area (Å²) < 4.78 is 11.8. The van der Waals surface area contributed by atoms with Gasteiger partial charge in [0.15, 0.2) is 5.66 Å². The van der Waals surface area contributed by atoms with Crippen molar-refractivity contribution in [3.63, 3.8) is 0 Å². The molecule has 0 aromatic heterocycles. The monoisotopic (exact) mass is 446 g/mol. The van der Waals surface area contributed by atoms with E-state index in [1.807, 2.05) is 27.7 Å². The van der Waals surface area contributed by atoms with Gasteiger partial charge < -0.3 is 21.5 Å². The third-order valence-corrected chi connectivity index (χ3v) is 7.52. The van der Waals surface area contributed by atoms with Gasteiger partial charge >= 0.3 is 8.03 Å². The standard InChI is InChI=1S/C21H40N3O5P/c1-5-14(4)19(24-20(26)18(22)13(2)3)21(27)23-12-16(25)11-17(30(28)29)15-9-7-6-8-10-15/h13-19,25H,5-12,22H2,1-4H3,(H2-,23,24,26,27,28,29)/p+1/t14?,16-,17?,18+,19+/m1/s1. The first-order chi connectivity index (χ1) is 14.1. The van der Waals surface area contributed by atoms with Crippen molar-refractivity contribution >= 4 is 19.8 Å². The lowest BCUT2D eigenvalue weighted by Crippen LogP contribution is -2.55. The second kappa shape index (κ2) is 13.4. The molecule has 0 aliphatic heterocycles. The van der Waals surface area contributed by atoms with E-state index in [4.69, 9.17) is 5.73 Å². The zero-order chi connectivity index (χ0) is 22.8. The predicted octanol–water partition coefficient (Wildman–Crippen LogP) is 2.05. The number of carbonyl (C=O) groups excluding carboxylic acids is 2. The maximum Gasteiger partial charge on any atom is 0.509 e. The van der Waals surface area contributed by atoms with Crippen LogP contribution in [0.5, 0.6) is 0 Å². The molecule has 30 heavy (non-hydrogen) atoms. The Morgan fingerprint density at radius 3 is 2.23 bits per heavy atom. The van der Waals surface area contributed by atoms with Gasteiger partial charge in [-0.25, -0.2) is 0 Å². The van der Waals surface area contributed by atoms with Crippen LogP contribution in [0.2, 0.25) is 0 Å². The minimum atomic E-state index is -2.39. The molecule has 0 aromatic carbocycles. The van der Waals surface area contributed by atoms with Crippen molar-refractivity contribution in [2.75, 3.05) is 6.54 Å². The zero-order valence-electron chi connectivity index (χ0n) is 18.8. The Labute approximate surface area is 181 Å². The van der Waals surface area contributed by atoms with Crippen LogP contribution in [-0.4, -0.2) is 52.2 Å². The molecule has 0 spiro atoms. The molecule has 8 nitrogen and oxygen atoms in total. The fourth-order valence-corrected chi connectivity index (χ4v) is 5.01. The average molecular weight is 447 g/mol. The number of nitrogens with two attached hydrogens (primary N) is 1. The lowest BCUT2D eigenvalue weighted by atomic mass is 9.85. The van der Waals surface area contributed by atoms with Crippen molar-refractivity contribution < 1.29 is 24.2 Å². The average Bonchev–Trinajstić information content (AvgIpc) is 2.72. The number of nitrogens with one attached hydrogen (secondary N) is 2. The van der Waals surface area contributed by atoms with Crippen LogP contribution in [0, 0.1) is 17.8 Å². The SMILES string of the molecule is CCC(C)[C@H](NC(=O)[C@@H](N)C(C)C)C(=O)NC[C@H](O)CC(C1CCCCC1)[P+](=O)O. The fourth-order valence-electron chi connectivity index (χ4n) is 3.93. The molecule has 1 aliphatic rings. The summed E-state index contributed by atoms with van der Waals surface area (Å²) in [5, 5.41) is 15.8. The Hall–Kier alpha value is -1.08. The van der Waals surface area contributed by atoms with Crippen LogP contribution < -0.4 is 16.4 Å². The lowest BCUT2D eigenvalue weighted by molar-refractivity contribution is -0.131. The first kappa shape index (κ1) is 27.0. The van der Waals surface area contributed by atoms with Gasteiger partial charge in [-0.05, 0) is 29.2 Å². The first-order valence-electron chi connectivity index (χ1n) is 11.2. The van der Waals surface area contributed by atoms with Crippen LogP contribution in [0.4, 0.5) is 0 Å². The van der Waals surface area contributed by atoms with Crippen molar-refractivity contribution in [3.05, 3.63) is 0 Å². The van der Waals surface area contributed by atoms with Gasteiger partial charge in [0.2, 0.25) is 11.8 Å². The van der Waals surface area contributed by atoms with E-state index in [0.29, 0.717) is 6.42 Å². The Kier molecular flexibility index (Phi) is 12.0. The third-order valence-electron chi connectivity index (χ3n) is 6.32. The highest BCUT2D eigenvalue weighted by Crippen LogP contribution is 2.40. The second-order valence-corrected chi connectivity index (χ2v) is 10.3. The first-order valence-corrected chi connectivity index (χ1v) is 12.5. The molecule has 6 N–H and O–H groups in total. The highest BCUT2D eigenvalue weighted by molar-refractivity contribution is 7.38. The van der Waals surface area contributed by atoms with E-state index in [0.717, 1.165) is 32.1 Å². The molecule has 3 unspecified atom stereocenters. The summed E-state index contributed by atoms with van der Waals surface area (Å²) in [4.78, 5) is 34.8. The molecule has 1 saturated carbocycles. The van der Waals surface area contributed by atoms with Gasteiger partial charge in [0.25, 0.3) is 0 Å². The third kappa shape index (κ3) is 8.58. The van der Waals surface area contributed by atoms with Gasteiger partial charge in [-0.15, -0.1) is 0 Å².